The van der Waals surface area contributed by atoms with Crippen LogP contribution < -0.4 is 0 Å². The molecular formula is C12H12Cl2O3. The van der Waals surface area contributed by atoms with Crippen molar-refractivity contribution in [2.75, 3.05) is 0 Å². The van der Waals surface area contributed by atoms with E-state index in [0.29, 0.717) is 10.6 Å². The van der Waals surface area contributed by atoms with Crippen LogP contribution in [0.2, 0.25) is 10.0 Å². The second kappa shape index (κ2) is 5.07. The van der Waals surface area contributed by atoms with Crippen LogP contribution in [0.3, 0.4) is 0 Å². The first-order chi connectivity index (χ1) is 7.74. The third-order valence-corrected chi connectivity index (χ3v) is 2.96. The van der Waals surface area contributed by atoms with E-state index in [1.54, 1.807) is 6.07 Å². The molecule has 17 heavy (non-hydrogen) atoms. The molecule has 1 N–H and O–H groups in total. The molecule has 0 aliphatic heterocycles. The van der Waals surface area contributed by atoms with E-state index in [1.807, 2.05) is 0 Å². The highest BCUT2D eigenvalue weighted by Gasteiger charge is 2.31. The van der Waals surface area contributed by atoms with E-state index in [-0.39, 0.29) is 17.2 Å². The van der Waals surface area contributed by atoms with Crippen molar-refractivity contribution < 1.29 is 14.7 Å². The summed E-state index contributed by atoms with van der Waals surface area (Å²) in [6.45, 7) is 2.99. The fourth-order valence-electron chi connectivity index (χ4n) is 1.29. The van der Waals surface area contributed by atoms with Gasteiger partial charge < -0.3 is 5.11 Å². The normalized spacial score (nSPS) is 11.3. The topological polar surface area (TPSA) is 54.4 Å². The largest absolute Gasteiger partial charge is 0.481 e. The van der Waals surface area contributed by atoms with Crippen LogP contribution in [0.1, 0.15) is 30.6 Å². The number of rotatable bonds is 4. The molecular weight excluding hydrogens is 263 g/mol. The van der Waals surface area contributed by atoms with Gasteiger partial charge in [-0.05, 0) is 32.0 Å². The van der Waals surface area contributed by atoms with Gasteiger partial charge in [-0.3, -0.25) is 9.59 Å². The van der Waals surface area contributed by atoms with Gasteiger partial charge >= 0.3 is 5.97 Å². The van der Waals surface area contributed by atoms with Crippen molar-refractivity contribution in [3.05, 3.63) is 33.8 Å². The van der Waals surface area contributed by atoms with Crippen molar-refractivity contribution in [2.45, 2.75) is 20.3 Å². The SMILES string of the molecule is CC(C)(CC(=O)c1ccc(Cl)cc1Cl)C(=O)O. The van der Waals surface area contributed by atoms with Crippen LogP contribution in [0.4, 0.5) is 0 Å². The Kier molecular flexibility index (Phi) is 4.17. The Bertz CT molecular complexity index is 467. The van der Waals surface area contributed by atoms with Gasteiger partial charge in [0.2, 0.25) is 0 Å². The number of Topliss-reactive ketones (excluding diaryl/α,β-unsaturated/α-hetero) is 1. The highest BCUT2D eigenvalue weighted by molar-refractivity contribution is 6.36. The fraction of sp³-hybridized carbons (Fsp3) is 0.333. The molecule has 0 bridgehead atoms. The van der Waals surface area contributed by atoms with E-state index in [0.717, 1.165) is 0 Å². The lowest BCUT2D eigenvalue weighted by Gasteiger charge is -2.18. The molecule has 0 aromatic heterocycles. The quantitative estimate of drug-likeness (QED) is 0.853. The Morgan fingerprint density at radius 1 is 1.29 bits per heavy atom. The van der Waals surface area contributed by atoms with Gasteiger partial charge in [-0.1, -0.05) is 23.2 Å². The summed E-state index contributed by atoms with van der Waals surface area (Å²) in [5.74, 6) is -1.32. The minimum absolute atomic E-state index is 0.107. The Hall–Kier alpha value is -1.06. The van der Waals surface area contributed by atoms with Gasteiger partial charge in [0.25, 0.3) is 0 Å². The molecule has 0 amide bonds. The summed E-state index contributed by atoms with van der Waals surface area (Å²) < 4.78 is 0. The molecule has 0 spiro atoms. The first-order valence-corrected chi connectivity index (χ1v) is 5.71. The number of carboxylic acid groups (broad SMARTS) is 1. The number of carboxylic acids is 1. The Morgan fingerprint density at radius 3 is 2.35 bits per heavy atom. The summed E-state index contributed by atoms with van der Waals surface area (Å²) >= 11 is 11.6. The monoisotopic (exact) mass is 274 g/mol. The maximum absolute atomic E-state index is 11.9. The molecule has 0 atom stereocenters. The van der Waals surface area contributed by atoms with Crippen LogP contribution >= 0.6 is 23.2 Å². The minimum atomic E-state index is -1.11. The molecule has 92 valence electrons. The summed E-state index contributed by atoms with van der Waals surface area (Å²) in [7, 11) is 0. The van der Waals surface area contributed by atoms with Gasteiger partial charge in [0.15, 0.2) is 5.78 Å². The van der Waals surface area contributed by atoms with Crippen LogP contribution in [0.15, 0.2) is 18.2 Å². The molecule has 0 fully saturated rings. The zero-order valence-electron chi connectivity index (χ0n) is 9.46. The number of aliphatic carboxylic acids is 1. The van der Waals surface area contributed by atoms with E-state index in [2.05, 4.69) is 0 Å². The maximum atomic E-state index is 11.9. The van der Waals surface area contributed by atoms with Crippen molar-refractivity contribution >= 4 is 35.0 Å². The summed E-state index contributed by atoms with van der Waals surface area (Å²) in [4.78, 5) is 22.8. The zero-order valence-corrected chi connectivity index (χ0v) is 11.0. The first-order valence-electron chi connectivity index (χ1n) is 4.95. The van der Waals surface area contributed by atoms with E-state index < -0.39 is 11.4 Å². The molecule has 3 nitrogen and oxygen atoms in total. The van der Waals surface area contributed by atoms with Gasteiger partial charge in [-0.25, -0.2) is 0 Å². The number of carbonyl (C=O) groups is 2. The van der Waals surface area contributed by atoms with Gasteiger partial charge in [0.1, 0.15) is 0 Å². The lowest BCUT2D eigenvalue weighted by atomic mass is 9.86. The second-order valence-electron chi connectivity index (χ2n) is 4.41. The second-order valence-corrected chi connectivity index (χ2v) is 5.26. The van der Waals surface area contributed by atoms with E-state index in [9.17, 15) is 9.59 Å². The molecule has 0 aliphatic carbocycles. The molecule has 1 rings (SSSR count). The molecule has 5 heteroatoms. The van der Waals surface area contributed by atoms with Crippen LogP contribution in [-0.4, -0.2) is 16.9 Å². The van der Waals surface area contributed by atoms with Crippen molar-refractivity contribution in [3.8, 4) is 0 Å². The molecule has 1 aromatic rings. The van der Waals surface area contributed by atoms with Crippen molar-refractivity contribution in [2.24, 2.45) is 5.41 Å². The number of hydrogen-bond donors (Lipinski definition) is 1. The highest BCUT2D eigenvalue weighted by Crippen LogP contribution is 2.27. The lowest BCUT2D eigenvalue weighted by molar-refractivity contribution is -0.146. The number of ketones is 1. The zero-order chi connectivity index (χ0) is 13.2. The Labute approximate surface area is 109 Å². The third kappa shape index (κ3) is 3.45. The molecule has 0 unspecified atom stereocenters. The molecule has 0 saturated carbocycles. The summed E-state index contributed by atoms with van der Waals surface area (Å²) in [6.07, 6.45) is -0.107. The molecule has 1 aromatic carbocycles. The van der Waals surface area contributed by atoms with Crippen LogP contribution in [0.25, 0.3) is 0 Å². The smallest absolute Gasteiger partial charge is 0.309 e. The number of carbonyl (C=O) groups excluding carboxylic acids is 1. The minimum Gasteiger partial charge on any atom is -0.481 e. The number of benzene rings is 1. The Balaban J connectivity index is 2.95. The van der Waals surface area contributed by atoms with Gasteiger partial charge in [0, 0.05) is 17.0 Å². The molecule has 0 saturated heterocycles. The van der Waals surface area contributed by atoms with Gasteiger partial charge in [-0.15, -0.1) is 0 Å². The average Bonchev–Trinajstić information content (AvgIpc) is 2.15. The predicted octanol–water partition coefficient (Wildman–Crippen LogP) is 3.68. The highest BCUT2D eigenvalue weighted by atomic mass is 35.5. The summed E-state index contributed by atoms with van der Waals surface area (Å²) in [5, 5.41) is 9.62. The van der Waals surface area contributed by atoms with Crippen LogP contribution in [0.5, 0.6) is 0 Å². The Morgan fingerprint density at radius 2 is 1.88 bits per heavy atom. The maximum Gasteiger partial charge on any atom is 0.309 e. The number of hydrogen-bond acceptors (Lipinski definition) is 2. The summed E-state index contributed by atoms with van der Waals surface area (Å²) in [6, 6.07) is 4.52. The predicted molar refractivity (Wildman–Crippen MR) is 66.8 cm³/mol. The van der Waals surface area contributed by atoms with Crippen molar-refractivity contribution in [1.29, 1.82) is 0 Å². The van der Waals surface area contributed by atoms with Crippen molar-refractivity contribution in [3.63, 3.8) is 0 Å². The molecule has 0 aliphatic rings. The van der Waals surface area contributed by atoms with E-state index in [4.69, 9.17) is 28.3 Å². The first kappa shape index (κ1) is 14.0. The standard InChI is InChI=1S/C12H12Cl2O3/c1-12(2,11(16)17)6-10(15)8-4-3-7(13)5-9(8)14/h3-5H,6H2,1-2H3,(H,16,17). The van der Waals surface area contributed by atoms with E-state index in [1.165, 1.54) is 26.0 Å². The molecule has 0 heterocycles. The van der Waals surface area contributed by atoms with Gasteiger partial charge in [-0.2, -0.15) is 0 Å². The number of halogens is 2. The fourth-order valence-corrected chi connectivity index (χ4v) is 1.80. The third-order valence-electron chi connectivity index (χ3n) is 2.41. The van der Waals surface area contributed by atoms with E-state index >= 15 is 0 Å². The average molecular weight is 275 g/mol. The van der Waals surface area contributed by atoms with Crippen LogP contribution in [-0.2, 0) is 4.79 Å². The van der Waals surface area contributed by atoms with Crippen molar-refractivity contribution in [1.82, 2.24) is 0 Å². The van der Waals surface area contributed by atoms with Gasteiger partial charge in [0.05, 0.1) is 10.4 Å². The summed E-state index contributed by atoms with van der Waals surface area (Å²) in [5.41, 5.74) is -0.814. The van der Waals surface area contributed by atoms with Crippen LogP contribution in [0, 0.1) is 5.41 Å². The lowest BCUT2D eigenvalue weighted by Crippen LogP contribution is -2.27. The molecule has 0 radical (unpaired) electrons.